The number of nitrogens with zero attached hydrogens (tertiary/aromatic N) is 3. The van der Waals surface area contributed by atoms with Gasteiger partial charge in [0.15, 0.2) is 0 Å². The molecule has 6 heteroatoms. The number of carbonyl (C=O) groups excluding carboxylic acids is 1. The molecule has 0 unspecified atom stereocenters. The molecule has 0 N–H and O–H groups in total. The SMILES string of the molecule is CN(C)CCN(CCc1ccccc1)C(=O)c1csc2cc(Cl)cnc12. The Morgan fingerprint density at radius 1 is 1.15 bits per heavy atom. The molecule has 0 aliphatic carbocycles. The summed E-state index contributed by atoms with van der Waals surface area (Å²) in [6, 6.07) is 12.1. The molecule has 2 aromatic heterocycles. The van der Waals surface area contributed by atoms with Crippen molar-refractivity contribution in [2.75, 3.05) is 33.7 Å². The van der Waals surface area contributed by atoms with Crippen molar-refractivity contribution < 1.29 is 4.79 Å². The maximum absolute atomic E-state index is 13.2. The fourth-order valence-electron chi connectivity index (χ4n) is 2.76. The number of rotatable bonds is 7. The zero-order chi connectivity index (χ0) is 18.5. The van der Waals surface area contributed by atoms with E-state index in [1.807, 2.05) is 48.6 Å². The Morgan fingerprint density at radius 2 is 1.92 bits per heavy atom. The quantitative estimate of drug-likeness (QED) is 0.609. The minimum atomic E-state index is 0.0313. The van der Waals surface area contributed by atoms with Crippen molar-refractivity contribution in [3.05, 3.63) is 64.1 Å². The highest BCUT2D eigenvalue weighted by Gasteiger charge is 2.20. The molecule has 3 rings (SSSR count). The summed E-state index contributed by atoms with van der Waals surface area (Å²) in [6.07, 6.45) is 2.43. The molecular weight excluding hydrogens is 366 g/mol. The third-order valence-corrected chi connectivity index (χ3v) is 5.35. The lowest BCUT2D eigenvalue weighted by molar-refractivity contribution is 0.0749. The molecule has 2 heterocycles. The van der Waals surface area contributed by atoms with Crippen molar-refractivity contribution in [3.8, 4) is 0 Å². The lowest BCUT2D eigenvalue weighted by Crippen LogP contribution is -2.38. The lowest BCUT2D eigenvalue weighted by atomic mass is 10.1. The van der Waals surface area contributed by atoms with Gasteiger partial charge in [0.2, 0.25) is 0 Å². The van der Waals surface area contributed by atoms with Gasteiger partial charge in [0.05, 0.1) is 20.8 Å². The van der Waals surface area contributed by atoms with E-state index in [4.69, 9.17) is 11.6 Å². The standard InChI is InChI=1S/C20H22ClN3OS/c1-23(2)10-11-24(9-8-15-6-4-3-5-7-15)20(25)17-14-26-18-12-16(21)13-22-19(17)18/h3-7,12-14H,8-11H2,1-2H3. The third-order valence-electron chi connectivity index (χ3n) is 4.23. The molecule has 0 fully saturated rings. The van der Waals surface area contributed by atoms with Crippen LogP contribution in [0.1, 0.15) is 15.9 Å². The molecule has 0 atom stereocenters. The van der Waals surface area contributed by atoms with E-state index in [-0.39, 0.29) is 5.91 Å². The molecule has 0 saturated carbocycles. The molecule has 0 radical (unpaired) electrons. The predicted octanol–water partition coefficient (Wildman–Crippen LogP) is 4.20. The van der Waals surface area contributed by atoms with Crippen LogP contribution in [0, 0.1) is 0 Å². The van der Waals surface area contributed by atoms with E-state index in [1.54, 1.807) is 6.20 Å². The maximum atomic E-state index is 13.2. The van der Waals surface area contributed by atoms with Crippen molar-refractivity contribution in [2.45, 2.75) is 6.42 Å². The Hall–Kier alpha value is -1.95. The number of halogens is 1. The van der Waals surface area contributed by atoms with Gasteiger partial charge in [0.1, 0.15) is 0 Å². The number of pyridine rings is 1. The first-order valence-corrected chi connectivity index (χ1v) is 9.81. The van der Waals surface area contributed by atoms with Gasteiger partial charge in [-0.25, -0.2) is 0 Å². The van der Waals surface area contributed by atoms with E-state index in [9.17, 15) is 4.79 Å². The summed E-state index contributed by atoms with van der Waals surface area (Å²) in [5.74, 6) is 0.0313. The molecule has 1 aromatic carbocycles. The number of amides is 1. The third kappa shape index (κ3) is 4.61. The van der Waals surface area contributed by atoms with Crippen molar-refractivity contribution >= 4 is 39.1 Å². The summed E-state index contributed by atoms with van der Waals surface area (Å²) in [6.45, 7) is 2.19. The van der Waals surface area contributed by atoms with Crippen LogP contribution < -0.4 is 0 Å². The smallest absolute Gasteiger partial charge is 0.256 e. The van der Waals surface area contributed by atoms with Crippen LogP contribution in [0.25, 0.3) is 10.2 Å². The van der Waals surface area contributed by atoms with Crippen LogP contribution in [0.2, 0.25) is 5.02 Å². The highest BCUT2D eigenvalue weighted by molar-refractivity contribution is 7.17. The molecule has 0 aliphatic rings. The number of thiophene rings is 1. The van der Waals surface area contributed by atoms with Gasteiger partial charge in [-0.15, -0.1) is 11.3 Å². The number of benzene rings is 1. The van der Waals surface area contributed by atoms with Gasteiger partial charge in [-0.2, -0.15) is 0 Å². The van der Waals surface area contributed by atoms with Crippen LogP contribution in [-0.4, -0.2) is 54.4 Å². The number of likely N-dealkylation sites (N-methyl/N-ethyl adjacent to an activating group) is 1. The summed E-state index contributed by atoms with van der Waals surface area (Å²) in [4.78, 5) is 21.6. The van der Waals surface area contributed by atoms with E-state index in [0.29, 0.717) is 23.7 Å². The summed E-state index contributed by atoms with van der Waals surface area (Å²) >= 11 is 7.52. The Morgan fingerprint density at radius 3 is 2.65 bits per heavy atom. The van der Waals surface area contributed by atoms with Gasteiger partial charge in [0, 0.05) is 31.2 Å². The largest absolute Gasteiger partial charge is 0.337 e. The molecule has 1 amide bonds. The van der Waals surface area contributed by atoms with Crippen LogP contribution >= 0.6 is 22.9 Å². The topological polar surface area (TPSA) is 36.4 Å². The van der Waals surface area contributed by atoms with Gasteiger partial charge in [-0.05, 0) is 32.1 Å². The fraction of sp³-hybridized carbons (Fsp3) is 0.300. The number of fused-ring (bicyclic) bond motifs is 1. The molecule has 0 bridgehead atoms. The Bertz CT molecular complexity index is 879. The lowest BCUT2D eigenvalue weighted by Gasteiger charge is -2.24. The zero-order valence-corrected chi connectivity index (χ0v) is 16.6. The summed E-state index contributed by atoms with van der Waals surface area (Å²) in [5, 5.41) is 2.48. The van der Waals surface area contributed by atoms with Crippen LogP contribution in [0.15, 0.2) is 48.0 Å². The second kappa shape index (κ2) is 8.62. The zero-order valence-electron chi connectivity index (χ0n) is 15.0. The molecule has 0 aliphatic heterocycles. The number of hydrogen-bond donors (Lipinski definition) is 0. The number of carbonyl (C=O) groups is 1. The maximum Gasteiger partial charge on any atom is 0.256 e. The van der Waals surface area contributed by atoms with Crippen molar-refractivity contribution in [2.24, 2.45) is 0 Å². The first-order valence-electron chi connectivity index (χ1n) is 8.55. The Kier molecular flexibility index (Phi) is 6.25. The van der Waals surface area contributed by atoms with Gasteiger partial charge >= 0.3 is 0 Å². The van der Waals surface area contributed by atoms with Crippen molar-refractivity contribution in [1.82, 2.24) is 14.8 Å². The summed E-state index contributed by atoms with van der Waals surface area (Å²) in [5.41, 5.74) is 2.63. The van der Waals surface area contributed by atoms with Gasteiger partial charge in [-0.3, -0.25) is 9.78 Å². The van der Waals surface area contributed by atoms with Crippen molar-refractivity contribution in [1.29, 1.82) is 0 Å². The number of hydrogen-bond acceptors (Lipinski definition) is 4. The fourth-order valence-corrected chi connectivity index (χ4v) is 3.91. The second-order valence-corrected chi connectivity index (χ2v) is 7.83. The minimum absolute atomic E-state index is 0.0313. The first kappa shape index (κ1) is 18.8. The van der Waals surface area contributed by atoms with Crippen LogP contribution in [-0.2, 0) is 6.42 Å². The molecular formula is C20H22ClN3OS. The van der Waals surface area contributed by atoms with Crippen molar-refractivity contribution in [3.63, 3.8) is 0 Å². The van der Waals surface area contributed by atoms with E-state index in [0.717, 1.165) is 23.2 Å². The molecule has 4 nitrogen and oxygen atoms in total. The average Bonchev–Trinajstić information content (AvgIpc) is 3.05. The van der Waals surface area contributed by atoms with Gasteiger partial charge in [0.25, 0.3) is 5.91 Å². The Labute approximate surface area is 163 Å². The second-order valence-electron chi connectivity index (χ2n) is 6.48. The van der Waals surface area contributed by atoms with Crippen LogP contribution in [0.3, 0.4) is 0 Å². The normalized spacial score (nSPS) is 11.2. The van der Waals surface area contributed by atoms with E-state index in [1.165, 1.54) is 16.9 Å². The van der Waals surface area contributed by atoms with E-state index in [2.05, 4.69) is 22.0 Å². The molecule has 0 saturated heterocycles. The highest BCUT2D eigenvalue weighted by atomic mass is 35.5. The minimum Gasteiger partial charge on any atom is -0.337 e. The van der Waals surface area contributed by atoms with Crippen LogP contribution in [0.4, 0.5) is 0 Å². The molecule has 136 valence electrons. The number of aromatic nitrogens is 1. The molecule has 3 aromatic rings. The molecule has 0 spiro atoms. The average molecular weight is 388 g/mol. The summed E-state index contributed by atoms with van der Waals surface area (Å²) in [7, 11) is 4.03. The first-order chi connectivity index (χ1) is 12.5. The Balaban J connectivity index is 1.80. The van der Waals surface area contributed by atoms with Gasteiger partial charge in [-0.1, -0.05) is 41.9 Å². The molecule has 26 heavy (non-hydrogen) atoms. The van der Waals surface area contributed by atoms with E-state index >= 15 is 0 Å². The predicted molar refractivity (Wildman–Crippen MR) is 109 cm³/mol. The monoisotopic (exact) mass is 387 g/mol. The highest BCUT2D eigenvalue weighted by Crippen LogP contribution is 2.27. The summed E-state index contributed by atoms with van der Waals surface area (Å²) < 4.78 is 0.941. The van der Waals surface area contributed by atoms with Crippen LogP contribution in [0.5, 0.6) is 0 Å². The van der Waals surface area contributed by atoms with E-state index < -0.39 is 0 Å². The van der Waals surface area contributed by atoms with Gasteiger partial charge < -0.3 is 9.80 Å².